The number of methoxy groups -OCH3 is 1. The van der Waals surface area contributed by atoms with Crippen molar-refractivity contribution >= 4 is 101 Å². The number of H-pyrrole nitrogens is 3. The average Bonchev–Trinajstić information content (AvgIpc) is 1.63. The number of nitrogens with one attached hydrogen (secondary N) is 3. The van der Waals surface area contributed by atoms with Gasteiger partial charge in [-0.15, -0.1) is 0 Å². The lowest BCUT2D eigenvalue weighted by Gasteiger charge is -2.28. The van der Waals surface area contributed by atoms with Crippen molar-refractivity contribution < 1.29 is 137 Å². The van der Waals surface area contributed by atoms with Crippen LogP contribution in [0.15, 0.2) is 46.0 Å². The van der Waals surface area contributed by atoms with Gasteiger partial charge in [0.15, 0.2) is 52.5 Å². The van der Waals surface area contributed by atoms with Crippen LogP contribution >= 0.6 is 39.1 Å². The van der Waals surface area contributed by atoms with Gasteiger partial charge in [0.1, 0.15) is 91.1 Å². The topological polar surface area (TPSA) is 717 Å². The van der Waals surface area contributed by atoms with Gasteiger partial charge >= 0.3 is 36.9 Å². The number of aromatic amines is 3. The van der Waals surface area contributed by atoms with E-state index in [4.69, 9.17) is 63.6 Å². The first-order valence-electron chi connectivity index (χ1n) is 27.7. The quantitative estimate of drug-likeness (QED) is 0.0187. The van der Waals surface area contributed by atoms with E-state index in [2.05, 4.69) is 68.0 Å². The van der Waals surface area contributed by atoms with Crippen LogP contribution in [0.3, 0.4) is 0 Å². The van der Waals surface area contributed by atoms with Crippen molar-refractivity contribution in [3.63, 3.8) is 0 Å². The van der Waals surface area contributed by atoms with Gasteiger partial charge in [0.05, 0.1) is 46.1 Å². The number of anilines is 3. The Morgan fingerprint density at radius 1 is 0.571 bits per heavy atom. The Hall–Kier alpha value is -6.97. The van der Waals surface area contributed by atoms with E-state index in [1.165, 1.54) is 24.9 Å². The summed E-state index contributed by atoms with van der Waals surface area (Å²) < 4.78 is 135. The average molecular weight is 1490 g/mol. The summed E-state index contributed by atoms with van der Waals surface area (Å²) >= 11 is 0. The van der Waals surface area contributed by atoms with E-state index in [-0.39, 0.29) is 62.2 Å². The Morgan fingerprint density at radius 2 is 1.09 bits per heavy atom. The fourth-order valence-corrected chi connectivity index (χ4v) is 16.2. The minimum atomic E-state index is -6.59. The Labute approximate surface area is 540 Å². The van der Waals surface area contributed by atoms with Crippen molar-refractivity contribution in [3.05, 3.63) is 68.5 Å². The maximum Gasteiger partial charge on any atom is 0.478 e. The van der Waals surface area contributed by atoms with E-state index in [0.717, 1.165) is 50.8 Å². The van der Waals surface area contributed by atoms with Crippen molar-refractivity contribution in [3.8, 4) is 0 Å². The van der Waals surface area contributed by atoms with Crippen molar-refractivity contribution in [2.24, 2.45) is 7.05 Å². The smallest absolute Gasteiger partial charge is 0.478 e. The SMILES string of the molecule is CO[C@H]1C(OP(=O)(O)OC[C@H]2O[C@@H](n3cnc4c(N)ncnc43)[C@@H](O)C2OP(=O)(O)OC[C@H]2ON(n3cnc4c(=O)[nH]c(C)nc43)[C@@H](O)C2O)[C@@H](COP(=O)(O)OP(=O)([O-])OP(=O)(O)OCC2O[C@@H](n3c[n+](C)c4c(=O)[nH]c(N)nc43)C(O)C2O)O[C@H]1n1cnc2c(=O)[nH]c(N)nc21. The molecule has 8 aromatic rings. The second kappa shape index (κ2) is 26.5. The number of aliphatic hydroxyl groups excluding tert-OH is 5. The lowest BCUT2D eigenvalue weighted by atomic mass is 10.1. The number of nitrogens with zero attached hydrogens (tertiary/aromatic N) is 14. The Balaban J connectivity index is 0.741. The molecule has 12 heterocycles. The van der Waals surface area contributed by atoms with Crippen molar-refractivity contribution in [2.45, 2.75) is 99.0 Å². The molecule has 4 aliphatic heterocycles. The van der Waals surface area contributed by atoms with Gasteiger partial charge in [0, 0.05) is 7.11 Å². The van der Waals surface area contributed by atoms with Crippen LogP contribution < -0.4 is 48.5 Å². The normalized spacial score (nSPS) is 30.0. The number of imidazole rings is 4. The molecule has 0 aliphatic carbocycles. The molecule has 0 aromatic carbocycles. The maximum atomic E-state index is 14.3. The highest BCUT2D eigenvalue weighted by Crippen LogP contribution is 2.66. The standard InChI is InChI=1S/C42H55N20O31P5/c1-13-51-32-20(34(67)52-13)50-11-61(32)62-37(70)23(64)15(89-62)5-82-94(71,72)90-26-16(87-39(25(26)66)58-9-48-18-29(43)46-8-47-30(18)58)6-83-95(73,74)91-27-17(88-40(28(27)81-3)59-10-49-19-31(59)53-41(44)55-35(19)68)7-85-97(77,78)93-98(79,80)92-96(75,76)84-4-14-22(63)24(65)38(86-14)60-12-57(2)21-33(60)54-42(45)56-36(21)69/h8-12,14-17,22-28,37-40,63-66,70H,4-7H2,1-3H3,(H13-,43,44,45,46,47,51,52,53,54,55,56,67,68,69,71,72,73,74,75,76,77,78,79,80)/t14?,15-,16-,17-,22?,23?,24?,25+,26?,27?,28+,37+,38-,39-,40-/m1/s1. The van der Waals surface area contributed by atoms with Crippen LogP contribution in [0.25, 0.3) is 44.7 Å². The van der Waals surface area contributed by atoms with Crippen LogP contribution in [-0.4, -0.2) is 225 Å². The number of nitrogens with two attached hydrogens (primary N) is 3. The number of phosphoric acid groups is 5. The second-order valence-corrected chi connectivity index (χ2v) is 29.0. The number of hydrogen-bond acceptors (Lipinski definition) is 39. The number of ether oxygens (including phenoxy) is 4. The van der Waals surface area contributed by atoms with E-state index >= 15 is 0 Å². The summed E-state index contributed by atoms with van der Waals surface area (Å²) in [7, 11) is -27.8. The number of aryl methyl sites for hydroxylation is 2. The van der Waals surface area contributed by atoms with E-state index in [1.807, 2.05) is 0 Å². The number of hydroxylamine groups is 1. The zero-order valence-corrected chi connectivity index (χ0v) is 54.1. The van der Waals surface area contributed by atoms with Gasteiger partial charge in [-0.25, -0.2) is 66.2 Å². The molecule has 0 radical (unpaired) electrons. The predicted octanol–water partition coefficient (Wildman–Crippen LogP) is -6.83. The number of fused-ring (bicyclic) bond motifs is 4. The predicted molar refractivity (Wildman–Crippen MR) is 309 cm³/mol. The summed E-state index contributed by atoms with van der Waals surface area (Å²) in [6.07, 6.45) is -23.2. The minimum Gasteiger partial charge on any atom is -0.756 e. The number of hydrogen-bond donors (Lipinski definition) is 15. The molecule has 4 saturated heterocycles. The first-order chi connectivity index (χ1) is 46.0. The summed E-state index contributed by atoms with van der Waals surface area (Å²) in [5, 5.41) is 56.0. The van der Waals surface area contributed by atoms with Crippen LogP contribution in [0.5, 0.6) is 0 Å². The molecular formula is C42H55N20O31P5. The maximum absolute atomic E-state index is 14.3. The third-order valence-electron chi connectivity index (χ3n) is 15.1. The zero-order valence-electron chi connectivity index (χ0n) is 49.6. The molecule has 12 rings (SSSR count). The molecule has 0 bridgehead atoms. The monoisotopic (exact) mass is 1490 g/mol. The molecule has 8 aromatic heterocycles. The first kappa shape index (κ1) is 70.9. The van der Waals surface area contributed by atoms with E-state index in [0.29, 0.717) is 5.17 Å². The van der Waals surface area contributed by atoms with Gasteiger partial charge in [-0.2, -0.15) is 24.4 Å². The fraction of sp³-hybridized carbons (Fsp3) is 0.524. The van der Waals surface area contributed by atoms with Crippen LogP contribution in [0.1, 0.15) is 24.5 Å². The molecule has 4 fully saturated rings. The highest BCUT2D eigenvalue weighted by Gasteiger charge is 2.55. The fourth-order valence-electron chi connectivity index (χ4n) is 10.8. The van der Waals surface area contributed by atoms with Crippen LogP contribution in [0, 0.1) is 6.92 Å². The molecule has 11 unspecified atom stereocenters. The largest absolute Gasteiger partial charge is 0.756 e. The molecule has 20 atom stereocenters. The van der Waals surface area contributed by atoms with Crippen LogP contribution in [0.4, 0.5) is 17.7 Å². The van der Waals surface area contributed by atoms with Gasteiger partial charge in [-0.3, -0.25) is 65.2 Å². The van der Waals surface area contributed by atoms with Crippen LogP contribution in [-0.2, 0) is 89.4 Å². The lowest BCUT2D eigenvalue weighted by molar-refractivity contribution is -0.646. The van der Waals surface area contributed by atoms with Gasteiger partial charge in [-0.05, 0) is 6.92 Å². The number of aromatic nitrogens is 16. The van der Waals surface area contributed by atoms with E-state index < -0.39 is 180 Å². The minimum absolute atomic E-state index is 0.0353. The Kier molecular flexibility index (Phi) is 19.2. The molecule has 98 heavy (non-hydrogen) atoms. The molecular weight excluding hydrogens is 1440 g/mol. The summed E-state index contributed by atoms with van der Waals surface area (Å²) in [4.78, 5) is 139. The Bertz CT molecular complexity index is 4820. The van der Waals surface area contributed by atoms with Crippen LogP contribution in [0.2, 0.25) is 0 Å². The van der Waals surface area contributed by atoms with Gasteiger partial charge < -0.3 is 91.1 Å². The number of rotatable bonds is 25. The van der Waals surface area contributed by atoms with E-state index in [9.17, 15) is 87.2 Å². The summed E-state index contributed by atoms with van der Waals surface area (Å²) in [5.41, 5.74) is 13.8. The molecule has 56 heteroatoms. The Morgan fingerprint density at radius 3 is 1.76 bits per heavy atom. The molecule has 0 saturated carbocycles. The third-order valence-corrected chi connectivity index (χ3v) is 21.2. The summed E-state index contributed by atoms with van der Waals surface area (Å²) in [5.74, 6) is -0.847. The molecule has 0 spiro atoms. The van der Waals surface area contributed by atoms with Crippen molar-refractivity contribution in [1.29, 1.82) is 0 Å². The highest BCUT2D eigenvalue weighted by atomic mass is 31.3. The molecule has 534 valence electrons. The molecule has 51 nitrogen and oxygen atoms in total. The summed E-state index contributed by atoms with van der Waals surface area (Å²) in [6.45, 7) is -3.60. The number of phosphoric ester groups is 4. The van der Waals surface area contributed by atoms with Gasteiger partial charge in [0.25, 0.3) is 30.1 Å². The molecule has 18 N–H and O–H groups in total. The molecule has 0 amide bonds. The van der Waals surface area contributed by atoms with Crippen molar-refractivity contribution in [2.75, 3.05) is 55.9 Å². The highest BCUT2D eigenvalue weighted by molar-refractivity contribution is 7.66. The molecule has 4 aliphatic rings. The van der Waals surface area contributed by atoms with E-state index in [1.54, 1.807) is 0 Å². The second-order valence-electron chi connectivity index (χ2n) is 21.6. The van der Waals surface area contributed by atoms with Crippen molar-refractivity contribution in [1.82, 2.24) is 73.2 Å². The zero-order chi connectivity index (χ0) is 70.6. The number of aliphatic hydroxyl groups is 5. The van der Waals surface area contributed by atoms with Gasteiger partial charge in [0.2, 0.25) is 24.5 Å². The first-order valence-corrected chi connectivity index (χ1v) is 35.2. The lowest BCUT2D eigenvalue weighted by Crippen LogP contribution is -2.42. The number of nitrogen functional groups attached to an aromatic ring is 3. The van der Waals surface area contributed by atoms with Gasteiger partial charge in [-0.1, -0.05) is 0 Å². The third kappa shape index (κ3) is 14.0. The summed E-state index contributed by atoms with van der Waals surface area (Å²) in [6, 6.07) is 0.